The molecule has 3 heterocycles. The molecule has 3 aromatic carbocycles. The summed E-state index contributed by atoms with van der Waals surface area (Å²) >= 11 is 0. The molecule has 0 N–H and O–H groups in total. The van der Waals surface area contributed by atoms with Crippen LogP contribution in [0.1, 0.15) is 5.56 Å². The van der Waals surface area contributed by atoms with Crippen molar-refractivity contribution in [2.45, 2.75) is 6.92 Å². The van der Waals surface area contributed by atoms with Gasteiger partial charge in [-0.2, -0.15) is 0 Å². The summed E-state index contributed by atoms with van der Waals surface area (Å²) < 4.78 is 23.8. The number of benzene rings is 3. The smallest absolute Gasteiger partial charge is 0.216 e. The van der Waals surface area contributed by atoms with E-state index in [1.54, 1.807) is 6.20 Å². The highest BCUT2D eigenvalue weighted by Gasteiger charge is 2.23. The van der Waals surface area contributed by atoms with E-state index in [2.05, 4.69) is 34.7 Å². The first-order chi connectivity index (χ1) is 15.6. The van der Waals surface area contributed by atoms with Crippen molar-refractivity contribution in [2.24, 2.45) is 7.05 Å². The van der Waals surface area contributed by atoms with Gasteiger partial charge in [0.05, 0.1) is 16.6 Å². The molecule has 0 fully saturated rings. The van der Waals surface area contributed by atoms with Gasteiger partial charge in [0.1, 0.15) is 24.0 Å². The molecular formula is C28H20FN2O+. The molecule has 3 nitrogen and oxygen atoms in total. The quantitative estimate of drug-likeness (QED) is 0.291. The first kappa shape index (κ1) is 18.7. The van der Waals surface area contributed by atoms with E-state index in [1.807, 2.05) is 61.8 Å². The molecule has 0 saturated carbocycles. The van der Waals surface area contributed by atoms with Crippen molar-refractivity contribution in [3.8, 4) is 22.4 Å². The molecular weight excluding hydrogens is 399 g/mol. The predicted octanol–water partition coefficient (Wildman–Crippen LogP) is 6.74. The predicted molar refractivity (Wildman–Crippen MR) is 126 cm³/mol. The summed E-state index contributed by atoms with van der Waals surface area (Å²) in [5.74, 6) is -0.310. The minimum Gasteiger partial charge on any atom is -0.454 e. The molecule has 154 valence electrons. The number of aryl methyl sites for hydroxylation is 2. The van der Waals surface area contributed by atoms with Crippen molar-refractivity contribution in [1.82, 2.24) is 4.98 Å². The van der Waals surface area contributed by atoms with Crippen LogP contribution in [-0.2, 0) is 7.05 Å². The maximum absolute atomic E-state index is 15.2. The molecule has 0 unspecified atom stereocenters. The monoisotopic (exact) mass is 419 g/mol. The molecule has 6 aromatic rings. The summed E-state index contributed by atoms with van der Waals surface area (Å²) in [4.78, 5) is 4.44. The lowest BCUT2D eigenvalue weighted by atomic mass is 9.98. The van der Waals surface area contributed by atoms with E-state index in [0.717, 1.165) is 49.6 Å². The Kier molecular flexibility index (Phi) is 4.08. The molecule has 0 aliphatic rings. The van der Waals surface area contributed by atoms with E-state index in [9.17, 15) is 0 Å². The third-order valence-corrected chi connectivity index (χ3v) is 6.17. The summed E-state index contributed by atoms with van der Waals surface area (Å²) in [6.07, 6.45) is 3.77. The van der Waals surface area contributed by atoms with E-state index >= 15 is 4.39 Å². The highest BCUT2D eigenvalue weighted by Crippen LogP contribution is 2.41. The van der Waals surface area contributed by atoms with E-state index in [1.165, 1.54) is 6.07 Å². The Morgan fingerprint density at radius 3 is 2.50 bits per heavy atom. The van der Waals surface area contributed by atoms with Crippen molar-refractivity contribution in [1.29, 1.82) is 0 Å². The van der Waals surface area contributed by atoms with Crippen LogP contribution in [0.25, 0.3) is 55.2 Å². The Balaban J connectivity index is 1.70. The van der Waals surface area contributed by atoms with Crippen molar-refractivity contribution in [3.05, 3.63) is 96.6 Å². The van der Waals surface area contributed by atoms with Gasteiger partial charge in [-0.15, -0.1) is 0 Å². The molecule has 0 aliphatic heterocycles. The minimum absolute atomic E-state index is 0.310. The van der Waals surface area contributed by atoms with Gasteiger partial charge in [-0.3, -0.25) is 4.98 Å². The lowest BCUT2D eigenvalue weighted by Crippen LogP contribution is -2.30. The fourth-order valence-electron chi connectivity index (χ4n) is 4.57. The fraction of sp³-hybridized carbons (Fsp3) is 0.0714. The average Bonchev–Trinajstić information content (AvgIpc) is 3.17. The maximum atomic E-state index is 15.2. The summed E-state index contributed by atoms with van der Waals surface area (Å²) in [6.45, 7) is 2.07. The second kappa shape index (κ2) is 6.99. The molecule has 6 rings (SSSR count). The Morgan fingerprint density at radius 2 is 1.66 bits per heavy atom. The largest absolute Gasteiger partial charge is 0.454 e. The van der Waals surface area contributed by atoms with Crippen LogP contribution in [0.2, 0.25) is 0 Å². The molecule has 0 saturated heterocycles. The van der Waals surface area contributed by atoms with Gasteiger partial charge in [0.2, 0.25) is 5.69 Å². The van der Waals surface area contributed by atoms with Crippen LogP contribution < -0.4 is 4.57 Å². The zero-order valence-electron chi connectivity index (χ0n) is 17.8. The van der Waals surface area contributed by atoms with Crippen LogP contribution in [0.4, 0.5) is 4.39 Å². The number of nitrogens with zero attached hydrogens (tertiary/aromatic N) is 2. The summed E-state index contributed by atoms with van der Waals surface area (Å²) in [7, 11) is 2.02. The van der Waals surface area contributed by atoms with Gasteiger partial charge in [-0.05, 0) is 48.4 Å². The Labute approximate surface area is 184 Å². The number of halogens is 1. The fourth-order valence-corrected chi connectivity index (χ4v) is 4.57. The highest BCUT2D eigenvalue weighted by molar-refractivity contribution is 6.13. The molecule has 0 radical (unpaired) electrons. The Morgan fingerprint density at radius 1 is 0.844 bits per heavy atom. The van der Waals surface area contributed by atoms with Crippen molar-refractivity contribution >= 4 is 32.8 Å². The standard InChI is InChI=1S/C28H20FN2O/c1-17-8-11-20-21-12-13-22(29)26(19-10-9-18-6-5-14-30-23(18)16-19)28(21)32-27(20)25(17)24-7-3-4-15-31(24)2/h3-16H,1-2H3/q+1. The van der Waals surface area contributed by atoms with E-state index in [4.69, 9.17) is 4.42 Å². The number of hydrogen-bond donors (Lipinski definition) is 0. The summed E-state index contributed by atoms with van der Waals surface area (Å²) in [5, 5.41) is 2.89. The molecule has 32 heavy (non-hydrogen) atoms. The lowest BCUT2D eigenvalue weighted by Gasteiger charge is -2.06. The van der Waals surface area contributed by atoms with Gasteiger partial charge < -0.3 is 4.42 Å². The van der Waals surface area contributed by atoms with Crippen molar-refractivity contribution in [2.75, 3.05) is 0 Å². The SMILES string of the molecule is Cc1ccc2c(oc3c(-c4ccc5cccnc5c4)c(F)ccc32)c1-c1cccc[n+]1C. The number of hydrogen-bond acceptors (Lipinski definition) is 2. The topological polar surface area (TPSA) is 29.9 Å². The molecule has 0 atom stereocenters. The number of aromatic nitrogens is 2. The normalized spacial score (nSPS) is 11.6. The third kappa shape index (κ3) is 2.73. The molecule has 0 aliphatic carbocycles. The molecule has 0 amide bonds. The minimum atomic E-state index is -0.310. The number of furan rings is 1. The average molecular weight is 419 g/mol. The van der Waals surface area contributed by atoms with Crippen LogP contribution >= 0.6 is 0 Å². The number of fused-ring (bicyclic) bond motifs is 4. The second-order valence-corrected chi connectivity index (χ2v) is 8.14. The van der Waals surface area contributed by atoms with E-state index < -0.39 is 0 Å². The van der Waals surface area contributed by atoms with Gasteiger partial charge in [0.15, 0.2) is 6.20 Å². The van der Waals surface area contributed by atoms with Gasteiger partial charge >= 0.3 is 0 Å². The van der Waals surface area contributed by atoms with Crippen LogP contribution in [0.3, 0.4) is 0 Å². The van der Waals surface area contributed by atoms with Gasteiger partial charge in [-0.25, -0.2) is 8.96 Å². The first-order valence-corrected chi connectivity index (χ1v) is 10.6. The second-order valence-electron chi connectivity index (χ2n) is 8.14. The maximum Gasteiger partial charge on any atom is 0.216 e. The van der Waals surface area contributed by atoms with Crippen LogP contribution in [0, 0.1) is 12.7 Å². The van der Waals surface area contributed by atoms with E-state index in [0.29, 0.717) is 11.1 Å². The molecule has 4 heteroatoms. The van der Waals surface area contributed by atoms with Crippen LogP contribution in [0.5, 0.6) is 0 Å². The first-order valence-electron chi connectivity index (χ1n) is 10.6. The van der Waals surface area contributed by atoms with Crippen LogP contribution in [0.15, 0.2) is 89.6 Å². The van der Waals surface area contributed by atoms with E-state index in [-0.39, 0.29) is 5.82 Å². The molecule has 3 aromatic heterocycles. The Bertz CT molecular complexity index is 1670. The van der Waals surface area contributed by atoms with Gasteiger partial charge in [-0.1, -0.05) is 30.3 Å². The van der Waals surface area contributed by atoms with Gasteiger partial charge in [0, 0.05) is 34.5 Å². The number of rotatable bonds is 2. The lowest BCUT2D eigenvalue weighted by molar-refractivity contribution is -0.660. The van der Waals surface area contributed by atoms with Crippen molar-refractivity contribution < 1.29 is 13.4 Å². The third-order valence-electron chi connectivity index (χ3n) is 6.17. The van der Waals surface area contributed by atoms with Crippen LogP contribution in [-0.4, -0.2) is 4.98 Å². The highest BCUT2D eigenvalue weighted by atomic mass is 19.1. The zero-order chi connectivity index (χ0) is 21.8. The molecule has 0 spiro atoms. The zero-order valence-corrected chi connectivity index (χ0v) is 17.8. The van der Waals surface area contributed by atoms with Gasteiger partial charge in [0.25, 0.3) is 0 Å². The number of pyridine rings is 2. The summed E-state index contributed by atoms with van der Waals surface area (Å²) in [6, 6.07) is 23.3. The van der Waals surface area contributed by atoms with Crippen molar-refractivity contribution in [3.63, 3.8) is 0 Å². The Hall–Kier alpha value is -4.05. The molecule has 0 bridgehead atoms. The summed E-state index contributed by atoms with van der Waals surface area (Å²) in [5.41, 5.74) is 6.54.